The second-order valence-electron chi connectivity index (χ2n) is 11.7. The van der Waals surface area contributed by atoms with Gasteiger partial charge in [0.15, 0.2) is 8.32 Å². The van der Waals surface area contributed by atoms with Crippen LogP contribution in [0.4, 0.5) is 0 Å². The van der Waals surface area contributed by atoms with Gasteiger partial charge in [0.2, 0.25) is 0 Å². The van der Waals surface area contributed by atoms with Crippen LogP contribution < -0.4 is 10.5 Å². The van der Waals surface area contributed by atoms with Gasteiger partial charge in [0.1, 0.15) is 11.4 Å². The van der Waals surface area contributed by atoms with Crippen LogP contribution in [0.5, 0.6) is 5.75 Å². The summed E-state index contributed by atoms with van der Waals surface area (Å²) in [6, 6.07) is 6.43. The van der Waals surface area contributed by atoms with Gasteiger partial charge < -0.3 is 24.0 Å². The molecule has 37 heavy (non-hydrogen) atoms. The van der Waals surface area contributed by atoms with E-state index in [2.05, 4.69) is 81.8 Å². The SMILES string of the molecule is CCCCCCOc1ccc2c(c1)c(CCC(CO[Si](C)(C)C(C)(C)C)n1cnc(C(N)=O)c1)cn2C. The van der Waals surface area contributed by atoms with Crippen molar-refractivity contribution in [3.63, 3.8) is 0 Å². The molecule has 0 saturated carbocycles. The van der Waals surface area contributed by atoms with Crippen molar-refractivity contribution >= 4 is 25.1 Å². The molecule has 204 valence electrons. The first-order chi connectivity index (χ1) is 17.4. The number of fused-ring (bicyclic) bond motifs is 1. The number of aromatic nitrogens is 3. The number of carbonyl (C=O) groups is 1. The van der Waals surface area contributed by atoms with Crippen LogP contribution in [-0.2, 0) is 17.9 Å². The van der Waals surface area contributed by atoms with E-state index in [1.165, 1.54) is 35.7 Å². The average molecular weight is 527 g/mol. The fourth-order valence-corrected chi connectivity index (χ4v) is 5.33. The van der Waals surface area contributed by atoms with Crippen molar-refractivity contribution in [1.82, 2.24) is 14.1 Å². The summed E-state index contributed by atoms with van der Waals surface area (Å²) in [6.45, 7) is 14.8. The molecule has 0 aliphatic heterocycles. The molecule has 2 N–H and O–H groups in total. The van der Waals surface area contributed by atoms with Crippen LogP contribution in [-0.4, -0.2) is 41.6 Å². The molecule has 1 amide bonds. The average Bonchev–Trinajstić information content (AvgIpc) is 3.43. The van der Waals surface area contributed by atoms with Crippen LogP contribution in [0.3, 0.4) is 0 Å². The van der Waals surface area contributed by atoms with E-state index < -0.39 is 14.2 Å². The Morgan fingerprint density at radius 1 is 1.16 bits per heavy atom. The minimum atomic E-state index is -1.94. The molecule has 0 radical (unpaired) electrons. The fraction of sp³-hybridized carbons (Fsp3) is 0.586. The maximum absolute atomic E-state index is 11.7. The number of aryl methyl sites for hydroxylation is 2. The molecule has 0 aliphatic rings. The Balaban J connectivity index is 1.78. The van der Waals surface area contributed by atoms with E-state index in [4.69, 9.17) is 14.9 Å². The van der Waals surface area contributed by atoms with Gasteiger partial charge in [0, 0.05) is 30.3 Å². The van der Waals surface area contributed by atoms with Gasteiger partial charge in [0.25, 0.3) is 5.91 Å². The van der Waals surface area contributed by atoms with E-state index in [1.807, 2.05) is 4.57 Å². The Kier molecular flexibility index (Phi) is 9.64. The third kappa shape index (κ3) is 7.48. The number of carbonyl (C=O) groups excluding carboxylic acids is 1. The Morgan fingerprint density at radius 2 is 1.92 bits per heavy atom. The third-order valence-corrected chi connectivity index (χ3v) is 12.3. The smallest absolute Gasteiger partial charge is 0.268 e. The molecule has 2 heterocycles. The first-order valence-electron chi connectivity index (χ1n) is 13.6. The van der Waals surface area contributed by atoms with E-state index in [0.717, 1.165) is 31.6 Å². The summed E-state index contributed by atoms with van der Waals surface area (Å²) in [5.74, 6) is 0.411. The molecule has 1 unspecified atom stereocenters. The molecule has 3 aromatic rings. The van der Waals surface area contributed by atoms with E-state index in [9.17, 15) is 4.79 Å². The Morgan fingerprint density at radius 3 is 2.57 bits per heavy atom. The highest BCUT2D eigenvalue weighted by Crippen LogP contribution is 2.37. The highest BCUT2D eigenvalue weighted by molar-refractivity contribution is 6.74. The van der Waals surface area contributed by atoms with E-state index >= 15 is 0 Å². The second-order valence-corrected chi connectivity index (χ2v) is 16.5. The largest absolute Gasteiger partial charge is 0.494 e. The van der Waals surface area contributed by atoms with Crippen LogP contribution in [0.15, 0.2) is 36.9 Å². The highest BCUT2D eigenvalue weighted by atomic mass is 28.4. The topological polar surface area (TPSA) is 84.3 Å². The van der Waals surface area contributed by atoms with E-state index in [0.29, 0.717) is 6.61 Å². The molecule has 1 atom stereocenters. The molecule has 0 saturated heterocycles. The second kappa shape index (κ2) is 12.3. The Hall–Kier alpha value is -2.58. The standard InChI is InChI=1S/C29H46N4O3Si/c1-8-9-10-11-16-35-24-14-15-27-25(17-24)22(18-32(27)5)12-13-23(20-36-37(6,7)29(2,3)4)33-19-26(28(30)34)31-21-33/h14-15,17-19,21,23H,8-13,16,20H2,1-7H3,(H2,30,34). The van der Waals surface area contributed by atoms with Gasteiger partial charge in [-0.1, -0.05) is 47.0 Å². The summed E-state index contributed by atoms with van der Waals surface area (Å²) in [5, 5.41) is 1.34. The summed E-state index contributed by atoms with van der Waals surface area (Å²) in [4.78, 5) is 15.9. The van der Waals surface area contributed by atoms with Gasteiger partial charge in [-0.15, -0.1) is 0 Å². The zero-order valence-electron chi connectivity index (χ0n) is 23.8. The molecule has 0 aliphatic carbocycles. The number of ether oxygens (including phenoxy) is 1. The van der Waals surface area contributed by atoms with Crippen LogP contribution in [0.25, 0.3) is 10.9 Å². The number of nitrogens with zero attached hydrogens (tertiary/aromatic N) is 3. The number of benzene rings is 1. The lowest BCUT2D eigenvalue weighted by Crippen LogP contribution is -2.42. The quantitative estimate of drug-likeness (QED) is 0.189. The zero-order chi connectivity index (χ0) is 27.2. The van der Waals surface area contributed by atoms with Gasteiger partial charge in [-0.05, 0) is 61.2 Å². The number of hydrogen-bond donors (Lipinski definition) is 1. The number of nitrogens with two attached hydrogens (primary N) is 1. The van der Waals surface area contributed by atoms with Crippen molar-refractivity contribution in [3.05, 3.63) is 48.2 Å². The summed E-state index contributed by atoms with van der Waals surface area (Å²) in [5.41, 5.74) is 8.23. The molecule has 8 heteroatoms. The molecule has 0 spiro atoms. The van der Waals surface area contributed by atoms with Crippen molar-refractivity contribution in [2.45, 2.75) is 90.4 Å². The molecule has 2 aromatic heterocycles. The van der Waals surface area contributed by atoms with Crippen LogP contribution in [0, 0.1) is 0 Å². The zero-order valence-corrected chi connectivity index (χ0v) is 24.8. The van der Waals surface area contributed by atoms with E-state index in [1.54, 1.807) is 12.5 Å². The third-order valence-electron chi connectivity index (χ3n) is 7.78. The number of hydrogen-bond acceptors (Lipinski definition) is 4. The first kappa shape index (κ1) is 29.0. The lowest BCUT2D eigenvalue weighted by molar-refractivity contribution is 0.0995. The minimum Gasteiger partial charge on any atom is -0.494 e. The normalized spacial score (nSPS) is 13.3. The lowest BCUT2D eigenvalue weighted by Gasteiger charge is -2.37. The van der Waals surface area contributed by atoms with Gasteiger partial charge >= 0.3 is 0 Å². The van der Waals surface area contributed by atoms with Crippen molar-refractivity contribution in [3.8, 4) is 5.75 Å². The minimum absolute atomic E-state index is 0.0444. The van der Waals surface area contributed by atoms with Crippen molar-refractivity contribution < 1.29 is 14.0 Å². The molecular formula is C29H46N4O3Si. The molecule has 1 aromatic carbocycles. The highest BCUT2D eigenvalue weighted by Gasteiger charge is 2.37. The molecule has 0 fully saturated rings. The lowest BCUT2D eigenvalue weighted by atomic mass is 10.0. The number of primary amides is 1. The predicted octanol–water partition coefficient (Wildman–Crippen LogP) is 6.63. The Bertz CT molecular complexity index is 1180. The Labute approximate surface area is 223 Å². The van der Waals surface area contributed by atoms with Crippen LogP contribution >= 0.6 is 0 Å². The van der Waals surface area contributed by atoms with Crippen LogP contribution in [0.2, 0.25) is 18.1 Å². The van der Waals surface area contributed by atoms with Crippen molar-refractivity contribution in [1.29, 1.82) is 0 Å². The van der Waals surface area contributed by atoms with Crippen molar-refractivity contribution in [2.24, 2.45) is 12.8 Å². The summed E-state index contributed by atoms with van der Waals surface area (Å²) in [6.07, 6.45) is 12.2. The van der Waals surface area contributed by atoms with Gasteiger partial charge in [-0.2, -0.15) is 0 Å². The van der Waals surface area contributed by atoms with Gasteiger partial charge in [-0.3, -0.25) is 4.79 Å². The molecular weight excluding hydrogens is 480 g/mol. The summed E-state index contributed by atoms with van der Waals surface area (Å²) in [7, 11) is 0.149. The molecule has 7 nitrogen and oxygen atoms in total. The van der Waals surface area contributed by atoms with Crippen molar-refractivity contribution in [2.75, 3.05) is 13.2 Å². The van der Waals surface area contributed by atoms with Crippen LogP contribution in [0.1, 0.15) is 81.9 Å². The predicted molar refractivity (Wildman–Crippen MR) is 154 cm³/mol. The number of amides is 1. The fourth-order valence-electron chi connectivity index (χ4n) is 4.29. The maximum atomic E-state index is 11.7. The van der Waals surface area contributed by atoms with Gasteiger partial charge in [-0.25, -0.2) is 4.98 Å². The maximum Gasteiger partial charge on any atom is 0.268 e. The summed E-state index contributed by atoms with van der Waals surface area (Å²) >= 11 is 0. The molecule has 3 rings (SSSR count). The number of unbranched alkanes of at least 4 members (excludes halogenated alkanes) is 3. The molecule has 0 bridgehead atoms. The van der Waals surface area contributed by atoms with Gasteiger partial charge in [0.05, 0.1) is 25.6 Å². The monoisotopic (exact) mass is 526 g/mol. The first-order valence-corrected chi connectivity index (χ1v) is 16.5. The number of rotatable bonds is 14. The number of imidazole rings is 1. The summed E-state index contributed by atoms with van der Waals surface area (Å²) < 4.78 is 16.8. The van der Waals surface area contributed by atoms with E-state index in [-0.39, 0.29) is 16.8 Å².